The number of aliphatic hydroxyl groups excluding tert-OH is 3. The van der Waals surface area contributed by atoms with E-state index in [4.69, 9.17) is 0 Å². The highest BCUT2D eigenvalue weighted by Gasteiger charge is 2.23. The number of hydrogen-bond donors (Lipinski definition) is 4. The Morgan fingerprint density at radius 2 is 0.516 bits per heavy atom. The molecular weight excluding hydrogens is 763 g/mol. The lowest BCUT2D eigenvalue weighted by atomic mass is 10.0. The van der Waals surface area contributed by atoms with Crippen LogP contribution in [0, 0.1) is 0 Å². The van der Waals surface area contributed by atoms with Gasteiger partial charge in [0.25, 0.3) is 0 Å². The quantitative estimate of drug-likeness (QED) is 0.0458. The Hall–Kier alpha value is -0.650. The SMILES string of the molecule is CCCCCCCCCCCCCCCCCCCCCCCCCCCCCCCCCCCCCCCCC(O)C(=O)NC(CO)C(O)CCCCCCCCCCCC. The topological polar surface area (TPSA) is 89.8 Å². The molecule has 3 unspecified atom stereocenters. The van der Waals surface area contributed by atoms with Crippen LogP contribution in [0.15, 0.2) is 0 Å². The van der Waals surface area contributed by atoms with Gasteiger partial charge in [0.05, 0.1) is 18.8 Å². The molecule has 0 aromatic rings. The molecule has 0 spiro atoms. The van der Waals surface area contributed by atoms with Crippen LogP contribution in [-0.2, 0) is 4.79 Å². The van der Waals surface area contributed by atoms with E-state index in [9.17, 15) is 20.1 Å². The first-order valence-corrected chi connectivity index (χ1v) is 28.8. The van der Waals surface area contributed by atoms with E-state index < -0.39 is 24.2 Å². The predicted molar refractivity (Wildman–Crippen MR) is 273 cm³/mol. The van der Waals surface area contributed by atoms with Crippen molar-refractivity contribution in [2.45, 2.75) is 353 Å². The second-order valence-electron chi connectivity index (χ2n) is 20.2. The molecule has 5 nitrogen and oxygen atoms in total. The van der Waals surface area contributed by atoms with Gasteiger partial charge in [-0.15, -0.1) is 0 Å². The summed E-state index contributed by atoms with van der Waals surface area (Å²) in [4.78, 5) is 12.5. The molecule has 1 amide bonds. The minimum Gasteiger partial charge on any atom is -0.394 e. The van der Waals surface area contributed by atoms with Gasteiger partial charge in [0, 0.05) is 0 Å². The lowest BCUT2D eigenvalue weighted by Gasteiger charge is -2.23. The third kappa shape index (κ3) is 47.3. The first-order chi connectivity index (χ1) is 30.6. The third-order valence-corrected chi connectivity index (χ3v) is 14.0. The molecule has 0 aliphatic heterocycles. The predicted octanol–water partition coefficient (Wildman–Crippen LogP) is 17.7. The zero-order chi connectivity index (χ0) is 45.1. The largest absolute Gasteiger partial charge is 0.394 e. The van der Waals surface area contributed by atoms with Crippen LogP contribution in [0.2, 0.25) is 0 Å². The maximum absolute atomic E-state index is 12.5. The van der Waals surface area contributed by atoms with Gasteiger partial charge >= 0.3 is 0 Å². The van der Waals surface area contributed by atoms with Crippen molar-refractivity contribution >= 4 is 5.91 Å². The fourth-order valence-electron chi connectivity index (χ4n) is 9.49. The molecule has 372 valence electrons. The Morgan fingerprint density at radius 3 is 0.726 bits per heavy atom. The lowest BCUT2D eigenvalue weighted by molar-refractivity contribution is -0.131. The highest BCUT2D eigenvalue weighted by Crippen LogP contribution is 2.19. The molecule has 4 N–H and O–H groups in total. The van der Waals surface area contributed by atoms with Crippen molar-refractivity contribution in [3.05, 3.63) is 0 Å². The molecule has 0 rings (SSSR count). The summed E-state index contributed by atoms with van der Waals surface area (Å²) in [6.45, 7) is 4.24. The number of carbonyl (C=O) groups is 1. The number of aliphatic hydroxyl groups is 3. The zero-order valence-corrected chi connectivity index (χ0v) is 42.5. The highest BCUT2D eigenvalue weighted by atomic mass is 16.3. The molecule has 0 aliphatic carbocycles. The van der Waals surface area contributed by atoms with E-state index in [1.165, 1.54) is 276 Å². The molecule has 5 heteroatoms. The molecular formula is C57H115NO4. The molecule has 0 saturated carbocycles. The van der Waals surface area contributed by atoms with Gasteiger partial charge in [-0.2, -0.15) is 0 Å². The van der Waals surface area contributed by atoms with Gasteiger partial charge < -0.3 is 20.6 Å². The second kappa shape index (κ2) is 53.0. The van der Waals surface area contributed by atoms with E-state index in [-0.39, 0.29) is 6.61 Å². The number of rotatable bonds is 54. The van der Waals surface area contributed by atoms with Crippen LogP contribution in [0.1, 0.15) is 335 Å². The summed E-state index contributed by atoms with van der Waals surface area (Å²) in [6, 6.07) is -0.705. The number of nitrogens with one attached hydrogen (secondary N) is 1. The van der Waals surface area contributed by atoms with Gasteiger partial charge in [0.15, 0.2) is 0 Å². The molecule has 0 aliphatic rings. The summed E-state index contributed by atoms with van der Waals surface area (Å²) in [5.74, 6) is -0.465. The van der Waals surface area contributed by atoms with E-state index in [0.29, 0.717) is 12.8 Å². The van der Waals surface area contributed by atoms with E-state index in [0.717, 1.165) is 32.1 Å². The van der Waals surface area contributed by atoms with Crippen molar-refractivity contribution in [2.24, 2.45) is 0 Å². The van der Waals surface area contributed by atoms with Crippen LogP contribution in [0.3, 0.4) is 0 Å². The van der Waals surface area contributed by atoms with Crippen molar-refractivity contribution in [2.75, 3.05) is 6.61 Å². The first kappa shape index (κ1) is 61.4. The van der Waals surface area contributed by atoms with Gasteiger partial charge in [-0.3, -0.25) is 4.79 Å². The summed E-state index contributed by atoms with van der Waals surface area (Å²) >= 11 is 0. The van der Waals surface area contributed by atoms with Gasteiger partial charge in [-0.25, -0.2) is 0 Å². The molecule has 0 heterocycles. The van der Waals surface area contributed by atoms with Crippen molar-refractivity contribution in [1.29, 1.82) is 0 Å². The number of unbranched alkanes of at least 4 members (excludes halogenated alkanes) is 46. The van der Waals surface area contributed by atoms with E-state index in [1.54, 1.807) is 0 Å². The lowest BCUT2D eigenvalue weighted by Crippen LogP contribution is -2.49. The number of carbonyl (C=O) groups excluding carboxylic acids is 1. The Bertz CT molecular complexity index is 838. The van der Waals surface area contributed by atoms with Crippen LogP contribution in [-0.4, -0.2) is 46.1 Å². The molecule has 0 aromatic heterocycles. The monoisotopic (exact) mass is 878 g/mol. The van der Waals surface area contributed by atoms with Crippen molar-refractivity contribution in [3.63, 3.8) is 0 Å². The van der Waals surface area contributed by atoms with Gasteiger partial charge in [0.2, 0.25) is 5.91 Å². The Morgan fingerprint density at radius 1 is 0.323 bits per heavy atom. The zero-order valence-electron chi connectivity index (χ0n) is 42.5. The van der Waals surface area contributed by atoms with Crippen molar-refractivity contribution in [3.8, 4) is 0 Å². The standard InChI is InChI=1S/C57H115NO4/c1-3-5-7-9-11-13-15-16-17-18-19-20-21-22-23-24-25-26-27-28-29-30-31-32-33-34-35-36-37-38-39-40-41-42-44-46-48-50-52-56(61)57(62)58-54(53-59)55(60)51-49-47-45-43-14-12-10-8-6-4-2/h54-56,59-61H,3-53H2,1-2H3,(H,58,62). The fourth-order valence-corrected chi connectivity index (χ4v) is 9.49. The second-order valence-corrected chi connectivity index (χ2v) is 20.2. The van der Waals surface area contributed by atoms with Gasteiger partial charge in [-0.05, 0) is 12.8 Å². The summed E-state index contributed by atoms with van der Waals surface area (Å²) < 4.78 is 0. The highest BCUT2D eigenvalue weighted by molar-refractivity contribution is 5.80. The third-order valence-electron chi connectivity index (χ3n) is 14.0. The minimum absolute atomic E-state index is 0.308. The normalized spacial score (nSPS) is 13.2. The Balaban J connectivity index is 3.35. The summed E-state index contributed by atoms with van der Waals surface area (Å²) in [7, 11) is 0. The van der Waals surface area contributed by atoms with Gasteiger partial charge in [-0.1, -0.05) is 322 Å². The Labute approximate surface area is 389 Å². The minimum atomic E-state index is -1.07. The Kier molecular flexibility index (Phi) is 52.4. The molecule has 3 atom stereocenters. The average Bonchev–Trinajstić information content (AvgIpc) is 3.28. The first-order valence-electron chi connectivity index (χ1n) is 28.8. The smallest absolute Gasteiger partial charge is 0.249 e. The summed E-state index contributed by atoms with van der Waals surface area (Å²) in [5, 5.41) is 33.3. The average molecular weight is 879 g/mol. The fraction of sp³-hybridized carbons (Fsp3) is 0.982. The summed E-state index contributed by atoms with van der Waals surface area (Å²) in [6.07, 6.45) is 64.8. The van der Waals surface area contributed by atoms with Gasteiger partial charge in [0.1, 0.15) is 6.10 Å². The number of hydrogen-bond acceptors (Lipinski definition) is 4. The molecule has 0 bridgehead atoms. The maximum Gasteiger partial charge on any atom is 0.249 e. The molecule has 0 aromatic carbocycles. The van der Waals surface area contributed by atoms with E-state index >= 15 is 0 Å². The van der Waals surface area contributed by atoms with Crippen LogP contribution in [0.4, 0.5) is 0 Å². The number of amides is 1. The van der Waals surface area contributed by atoms with Crippen LogP contribution >= 0.6 is 0 Å². The molecule has 0 saturated heterocycles. The van der Waals surface area contributed by atoms with E-state index in [2.05, 4.69) is 19.2 Å². The van der Waals surface area contributed by atoms with Crippen LogP contribution < -0.4 is 5.32 Å². The van der Waals surface area contributed by atoms with Crippen LogP contribution in [0.5, 0.6) is 0 Å². The van der Waals surface area contributed by atoms with Crippen molar-refractivity contribution in [1.82, 2.24) is 5.32 Å². The molecule has 62 heavy (non-hydrogen) atoms. The maximum atomic E-state index is 12.5. The van der Waals surface area contributed by atoms with Crippen molar-refractivity contribution < 1.29 is 20.1 Å². The van der Waals surface area contributed by atoms with Crippen LogP contribution in [0.25, 0.3) is 0 Å². The molecule has 0 radical (unpaired) electrons. The van der Waals surface area contributed by atoms with E-state index in [1.807, 2.05) is 0 Å². The molecule has 0 fully saturated rings. The summed E-state index contributed by atoms with van der Waals surface area (Å²) in [5.41, 5.74) is 0.